The van der Waals surface area contributed by atoms with Crippen molar-refractivity contribution in [3.8, 4) is 0 Å². The lowest BCUT2D eigenvalue weighted by atomic mass is 10.1. The van der Waals surface area contributed by atoms with Crippen molar-refractivity contribution in [2.75, 3.05) is 5.32 Å². The fraction of sp³-hybridized carbons (Fsp3) is 0.158. The lowest BCUT2D eigenvalue weighted by Gasteiger charge is -2.15. The summed E-state index contributed by atoms with van der Waals surface area (Å²) in [6.45, 7) is 3.75. The van der Waals surface area contributed by atoms with Crippen LogP contribution < -0.4 is 10.6 Å². The van der Waals surface area contributed by atoms with Crippen LogP contribution >= 0.6 is 11.3 Å². The van der Waals surface area contributed by atoms with Crippen molar-refractivity contribution in [3.63, 3.8) is 0 Å². The van der Waals surface area contributed by atoms with E-state index in [-0.39, 0.29) is 23.6 Å². The van der Waals surface area contributed by atoms with Crippen molar-refractivity contribution in [2.45, 2.75) is 19.9 Å². The average molecular weight is 354 g/mol. The van der Waals surface area contributed by atoms with Gasteiger partial charge in [0.2, 0.25) is 0 Å². The van der Waals surface area contributed by atoms with E-state index in [9.17, 15) is 9.59 Å². The van der Waals surface area contributed by atoms with Gasteiger partial charge in [-0.2, -0.15) is 0 Å². The molecule has 2 heterocycles. The Hall–Kier alpha value is -2.86. The summed E-state index contributed by atoms with van der Waals surface area (Å²) < 4.78 is 5.09. The number of anilines is 1. The van der Waals surface area contributed by atoms with E-state index in [1.165, 1.54) is 6.26 Å². The van der Waals surface area contributed by atoms with Crippen LogP contribution in [0.2, 0.25) is 0 Å². The molecule has 3 rings (SSSR count). The molecule has 25 heavy (non-hydrogen) atoms. The Morgan fingerprint density at radius 2 is 1.92 bits per heavy atom. The van der Waals surface area contributed by atoms with Gasteiger partial charge in [0.15, 0.2) is 5.76 Å². The molecular formula is C19H18N2O3S. The molecule has 0 aliphatic carbocycles. The maximum atomic E-state index is 12.6. The second-order valence-corrected chi connectivity index (χ2v) is 6.60. The highest BCUT2D eigenvalue weighted by Gasteiger charge is 2.17. The summed E-state index contributed by atoms with van der Waals surface area (Å²) in [5, 5.41) is 7.75. The maximum absolute atomic E-state index is 12.6. The lowest BCUT2D eigenvalue weighted by Crippen LogP contribution is -2.27. The van der Waals surface area contributed by atoms with Crippen LogP contribution in [0.15, 0.2) is 58.5 Å². The summed E-state index contributed by atoms with van der Waals surface area (Å²) in [7, 11) is 0. The predicted octanol–water partition coefficient (Wildman–Crippen LogP) is 4.39. The predicted molar refractivity (Wildman–Crippen MR) is 98.0 cm³/mol. The van der Waals surface area contributed by atoms with Gasteiger partial charge in [0, 0.05) is 16.1 Å². The molecule has 128 valence electrons. The fourth-order valence-electron chi connectivity index (χ4n) is 2.49. The fourth-order valence-corrected chi connectivity index (χ4v) is 3.23. The van der Waals surface area contributed by atoms with Gasteiger partial charge < -0.3 is 15.1 Å². The van der Waals surface area contributed by atoms with Crippen LogP contribution in [0, 0.1) is 6.92 Å². The Balaban J connectivity index is 1.76. The van der Waals surface area contributed by atoms with Gasteiger partial charge >= 0.3 is 0 Å². The number of nitrogens with one attached hydrogen (secondary N) is 2. The van der Waals surface area contributed by atoms with E-state index < -0.39 is 0 Å². The number of hydrogen-bond acceptors (Lipinski definition) is 4. The third-order valence-electron chi connectivity index (χ3n) is 3.89. The summed E-state index contributed by atoms with van der Waals surface area (Å²) in [4.78, 5) is 25.8. The Labute approximate surface area is 149 Å². The van der Waals surface area contributed by atoms with E-state index in [2.05, 4.69) is 10.6 Å². The van der Waals surface area contributed by atoms with E-state index in [0.29, 0.717) is 16.8 Å². The first-order valence-corrected chi connectivity index (χ1v) is 8.73. The topological polar surface area (TPSA) is 71.3 Å². The molecule has 0 saturated heterocycles. The molecule has 3 aromatic rings. The molecule has 2 amide bonds. The standard InChI is InChI=1S/C19H18N2O3S/c1-12-14(18(22)20-13(2)17-9-5-11-25-17)6-3-7-15(12)21-19(23)16-8-4-10-24-16/h3-11,13H,1-2H3,(H,20,22)(H,21,23)/t13-/m0/s1. The monoisotopic (exact) mass is 354 g/mol. The van der Waals surface area contributed by atoms with Gasteiger partial charge in [-0.15, -0.1) is 11.3 Å². The Morgan fingerprint density at radius 3 is 2.60 bits per heavy atom. The summed E-state index contributed by atoms with van der Waals surface area (Å²) in [6.07, 6.45) is 1.44. The van der Waals surface area contributed by atoms with Crippen LogP contribution in [-0.2, 0) is 0 Å². The minimum absolute atomic E-state index is 0.0757. The molecule has 0 unspecified atom stereocenters. The molecule has 0 radical (unpaired) electrons. The first-order valence-electron chi connectivity index (χ1n) is 7.85. The van der Waals surface area contributed by atoms with E-state index in [0.717, 1.165) is 4.88 Å². The minimum atomic E-state index is -0.349. The molecule has 2 N–H and O–H groups in total. The number of rotatable bonds is 5. The highest BCUT2D eigenvalue weighted by Crippen LogP contribution is 2.22. The van der Waals surface area contributed by atoms with Gasteiger partial charge in [-0.05, 0) is 55.1 Å². The quantitative estimate of drug-likeness (QED) is 0.714. The van der Waals surface area contributed by atoms with Crippen molar-refractivity contribution in [1.82, 2.24) is 5.32 Å². The van der Waals surface area contributed by atoms with Crippen LogP contribution in [0.25, 0.3) is 0 Å². The Kier molecular flexibility index (Phi) is 5.00. The highest BCUT2D eigenvalue weighted by molar-refractivity contribution is 7.10. The van der Waals surface area contributed by atoms with E-state index in [4.69, 9.17) is 4.42 Å². The molecule has 0 aliphatic heterocycles. The van der Waals surface area contributed by atoms with Gasteiger partial charge in [0.1, 0.15) is 0 Å². The van der Waals surface area contributed by atoms with Crippen molar-refractivity contribution in [1.29, 1.82) is 0 Å². The first-order chi connectivity index (χ1) is 12.1. The lowest BCUT2D eigenvalue weighted by molar-refractivity contribution is 0.0938. The van der Waals surface area contributed by atoms with Crippen molar-refractivity contribution < 1.29 is 14.0 Å². The average Bonchev–Trinajstić information content (AvgIpc) is 3.30. The van der Waals surface area contributed by atoms with E-state index >= 15 is 0 Å². The molecule has 0 bridgehead atoms. The molecule has 1 atom stereocenters. The summed E-state index contributed by atoms with van der Waals surface area (Å²) in [6, 6.07) is 12.4. The van der Waals surface area contributed by atoms with Gasteiger partial charge in [0.05, 0.1) is 12.3 Å². The molecule has 5 nitrogen and oxygen atoms in total. The molecule has 1 aromatic carbocycles. The Morgan fingerprint density at radius 1 is 1.08 bits per heavy atom. The zero-order valence-electron chi connectivity index (χ0n) is 13.9. The Bertz CT molecular complexity index is 870. The van der Waals surface area contributed by atoms with Crippen LogP contribution in [0.4, 0.5) is 5.69 Å². The van der Waals surface area contributed by atoms with Gasteiger partial charge in [-0.1, -0.05) is 12.1 Å². The van der Waals surface area contributed by atoms with Crippen molar-refractivity contribution >= 4 is 28.8 Å². The number of amides is 2. The smallest absolute Gasteiger partial charge is 0.291 e. The third-order valence-corrected chi connectivity index (χ3v) is 4.94. The first kappa shape index (κ1) is 17.0. The second-order valence-electron chi connectivity index (χ2n) is 5.62. The van der Waals surface area contributed by atoms with Gasteiger partial charge in [-0.3, -0.25) is 9.59 Å². The van der Waals surface area contributed by atoms with Crippen molar-refractivity contribution in [2.24, 2.45) is 0 Å². The zero-order valence-corrected chi connectivity index (χ0v) is 14.7. The van der Waals surface area contributed by atoms with Gasteiger partial charge in [0.25, 0.3) is 11.8 Å². The number of furan rings is 1. The van der Waals surface area contributed by atoms with Crippen LogP contribution in [0.5, 0.6) is 0 Å². The highest BCUT2D eigenvalue weighted by atomic mass is 32.1. The third kappa shape index (κ3) is 3.80. The van der Waals surface area contributed by atoms with Crippen molar-refractivity contribution in [3.05, 3.63) is 75.9 Å². The number of hydrogen-bond donors (Lipinski definition) is 2. The molecule has 6 heteroatoms. The number of carbonyl (C=O) groups is 2. The van der Waals surface area contributed by atoms with Crippen LogP contribution in [-0.4, -0.2) is 11.8 Å². The second kappa shape index (κ2) is 7.36. The van der Waals surface area contributed by atoms with E-state index in [1.54, 1.807) is 41.7 Å². The largest absolute Gasteiger partial charge is 0.459 e. The number of thiophene rings is 1. The summed E-state index contributed by atoms with van der Waals surface area (Å²) in [5.74, 6) is -0.300. The SMILES string of the molecule is Cc1c(NC(=O)c2ccco2)cccc1C(=O)N[C@@H](C)c1cccs1. The molecule has 0 saturated carbocycles. The van der Waals surface area contributed by atoms with Gasteiger partial charge in [-0.25, -0.2) is 0 Å². The maximum Gasteiger partial charge on any atom is 0.291 e. The van der Waals surface area contributed by atoms with Crippen LogP contribution in [0.1, 0.15) is 44.3 Å². The molecule has 0 spiro atoms. The van der Waals surface area contributed by atoms with E-state index in [1.807, 2.05) is 31.4 Å². The zero-order chi connectivity index (χ0) is 17.8. The minimum Gasteiger partial charge on any atom is -0.459 e. The molecule has 2 aromatic heterocycles. The summed E-state index contributed by atoms with van der Waals surface area (Å²) >= 11 is 1.60. The number of benzene rings is 1. The van der Waals surface area contributed by atoms with Crippen LogP contribution in [0.3, 0.4) is 0 Å². The molecule has 0 fully saturated rings. The normalized spacial score (nSPS) is 11.8. The number of carbonyl (C=O) groups excluding carboxylic acids is 2. The molecular weight excluding hydrogens is 336 g/mol. The molecule has 0 aliphatic rings. The summed E-state index contributed by atoms with van der Waals surface area (Å²) in [5.41, 5.74) is 1.82.